The standard InChI is InChI=1S/C24H38N4O6/c1-15(2)10-20(24(32)26-13-17(5)6)34-28-23(31)19-9-7-8-18(11-19)22(30)27-33-14-21(29)25-12-16(3)4/h7-9,11,15-17,20H,10,12-14H2,1-6H3,(H,25,29)(H,26,32)(H,27,30)(H,28,31). The first kappa shape index (κ1) is 29.1. The Bertz CT molecular complexity index is 825. The molecular weight excluding hydrogens is 440 g/mol. The first-order valence-electron chi connectivity index (χ1n) is 11.5. The molecule has 1 aromatic rings. The lowest BCUT2D eigenvalue weighted by Gasteiger charge is -2.20. The lowest BCUT2D eigenvalue weighted by Crippen LogP contribution is -2.42. The van der Waals surface area contributed by atoms with Crippen molar-refractivity contribution >= 4 is 23.6 Å². The maximum absolute atomic E-state index is 12.5. The van der Waals surface area contributed by atoms with Crippen molar-refractivity contribution in [3.63, 3.8) is 0 Å². The number of carbonyl (C=O) groups excluding carboxylic acids is 4. The minimum absolute atomic E-state index is 0.156. The van der Waals surface area contributed by atoms with Gasteiger partial charge in [0.05, 0.1) is 0 Å². The molecule has 0 bridgehead atoms. The Morgan fingerprint density at radius 1 is 0.794 bits per heavy atom. The molecule has 1 atom stereocenters. The van der Waals surface area contributed by atoms with E-state index in [1.165, 1.54) is 24.3 Å². The summed E-state index contributed by atoms with van der Waals surface area (Å²) in [5.74, 6) is -1.12. The molecule has 0 saturated heterocycles. The van der Waals surface area contributed by atoms with Gasteiger partial charge in [-0.1, -0.05) is 47.6 Å². The van der Waals surface area contributed by atoms with Crippen LogP contribution < -0.4 is 21.6 Å². The van der Waals surface area contributed by atoms with Crippen molar-refractivity contribution in [3.05, 3.63) is 35.4 Å². The Kier molecular flexibility index (Phi) is 12.8. The van der Waals surface area contributed by atoms with E-state index in [1.807, 2.05) is 41.5 Å². The Morgan fingerprint density at radius 2 is 1.35 bits per heavy atom. The molecule has 0 aliphatic rings. The number of carbonyl (C=O) groups is 4. The van der Waals surface area contributed by atoms with Gasteiger partial charge in [0.15, 0.2) is 12.7 Å². The SMILES string of the molecule is CC(C)CNC(=O)CONC(=O)c1cccc(C(=O)NOC(CC(C)C)C(=O)NCC(C)C)c1. The lowest BCUT2D eigenvalue weighted by molar-refractivity contribution is -0.138. The van der Waals surface area contributed by atoms with E-state index in [0.717, 1.165) is 0 Å². The molecule has 0 aliphatic heterocycles. The van der Waals surface area contributed by atoms with Crippen LogP contribution in [-0.2, 0) is 19.3 Å². The maximum atomic E-state index is 12.5. The Balaban J connectivity index is 2.64. The molecule has 0 aliphatic carbocycles. The molecule has 4 amide bonds. The van der Waals surface area contributed by atoms with Crippen molar-refractivity contribution < 1.29 is 28.9 Å². The molecule has 1 aromatic carbocycles. The third kappa shape index (κ3) is 11.8. The van der Waals surface area contributed by atoms with Gasteiger partial charge in [0, 0.05) is 24.2 Å². The molecule has 0 saturated carbocycles. The van der Waals surface area contributed by atoms with Crippen molar-refractivity contribution in [3.8, 4) is 0 Å². The third-order valence-electron chi connectivity index (χ3n) is 4.42. The van der Waals surface area contributed by atoms with Crippen molar-refractivity contribution in [2.45, 2.75) is 54.1 Å². The van der Waals surface area contributed by atoms with Crippen LogP contribution in [-0.4, -0.2) is 49.4 Å². The minimum Gasteiger partial charge on any atom is -0.354 e. The lowest BCUT2D eigenvalue weighted by atomic mass is 10.1. The van der Waals surface area contributed by atoms with Crippen molar-refractivity contribution in [2.24, 2.45) is 17.8 Å². The highest BCUT2D eigenvalue weighted by molar-refractivity contribution is 5.99. The smallest absolute Gasteiger partial charge is 0.274 e. The molecule has 4 N–H and O–H groups in total. The second kappa shape index (κ2) is 15.0. The second-order valence-corrected chi connectivity index (χ2v) is 9.30. The topological polar surface area (TPSA) is 135 Å². The molecule has 1 unspecified atom stereocenters. The minimum atomic E-state index is -0.843. The van der Waals surface area contributed by atoms with Crippen LogP contribution in [0.5, 0.6) is 0 Å². The molecule has 190 valence electrons. The number of hydroxylamine groups is 2. The maximum Gasteiger partial charge on any atom is 0.274 e. The summed E-state index contributed by atoms with van der Waals surface area (Å²) in [6, 6.07) is 5.88. The molecule has 0 heterocycles. The monoisotopic (exact) mass is 478 g/mol. The van der Waals surface area contributed by atoms with Crippen LogP contribution >= 0.6 is 0 Å². The largest absolute Gasteiger partial charge is 0.354 e. The molecule has 1 rings (SSSR count). The molecule has 0 aromatic heterocycles. The Morgan fingerprint density at radius 3 is 1.91 bits per heavy atom. The predicted octanol–water partition coefficient (Wildman–Crippen LogP) is 1.97. The van der Waals surface area contributed by atoms with Crippen LogP contribution in [0.15, 0.2) is 24.3 Å². The number of hydrogen-bond donors (Lipinski definition) is 4. The fourth-order valence-electron chi connectivity index (χ4n) is 2.64. The summed E-state index contributed by atoms with van der Waals surface area (Å²) < 4.78 is 0. The molecular formula is C24H38N4O6. The van der Waals surface area contributed by atoms with E-state index < -0.39 is 17.9 Å². The van der Waals surface area contributed by atoms with E-state index in [-0.39, 0.29) is 41.4 Å². The van der Waals surface area contributed by atoms with Crippen LogP contribution in [0.25, 0.3) is 0 Å². The number of benzene rings is 1. The van der Waals surface area contributed by atoms with Gasteiger partial charge in [-0.2, -0.15) is 0 Å². The summed E-state index contributed by atoms with van der Waals surface area (Å²) >= 11 is 0. The van der Waals surface area contributed by atoms with Gasteiger partial charge in [0.2, 0.25) is 5.91 Å². The normalized spacial score (nSPS) is 11.9. The van der Waals surface area contributed by atoms with Crippen LogP contribution in [0, 0.1) is 17.8 Å². The summed E-state index contributed by atoms with van der Waals surface area (Å²) in [6.45, 7) is 12.5. The van der Waals surface area contributed by atoms with Gasteiger partial charge >= 0.3 is 0 Å². The number of nitrogens with one attached hydrogen (secondary N) is 4. The third-order valence-corrected chi connectivity index (χ3v) is 4.42. The highest BCUT2D eigenvalue weighted by Gasteiger charge is 2.22. The Hall–Kier alpha value is -2.98. The van der Waals surface area contributed by atoms with Gasteiger partial charge in [0.25, 0.3) is 17.7 Å². The molecule has 34 heavy (non-hydrogen) atoms. The fraction of sp³-hybridized carbons (Fsp3) is 0.583. The van der Waals surface area contributed by atoms with Gasteiger partial charge in [-0.25, -0.2) is 11.0 Å². The summed E-state index contributed by atoms with van der Waals surface area (Å²) in [5.41, 5.74) is 4.80. The molecule has 0 radical (unpaired) electrons. The summed E-state index contributed by atoms with van der Waals surface area (Å²) in [6.07, 6.45) is -0.418. The molecule has 0 spiro atoms. The first-order valence-corrected chi connectivity index (χ1v) is 11.5. The quantitative estimate of drug-likeness (QED) is 0.302. The molecule has 10 heteroatoms. The van der Waals surface area contributed by atoms with Crippen LogP contribution in [0.4, 0.5) is 0 Å². The number of rotatable bonds is 14. The van der Waals surface area contributed by atoms with E-state index in [1.54, 1.807) is 0 Å². The highest BCUT2D eigenvalue weighted by atomic mass is 16.7. The second-order valence-electron chi connectivity index (χ2n) is 9.30. The Labute approximate surface area is 201 Å². The average molecular weight is 479 g/mol. The van der Waals surface area contributed by atoms with E-state index in [9.17, 15) is 19.2 Å². The van der Waals surface area contributed by atoms with Gasteiger partial charge in [-0.05, 0) is 42.4 Å². The first-order chi connectivity index (χ1) is 16.0. The summed E-state index contributed by atoms with van der Waals surface area (Å²) in [4.78, 5) is 59.2. The zero-order chi connectivity index (χ0) is 25.7. The zero-order valence-electron chi connectivity index (χ0n) is 20.9. The highest BCUT2D eigenvalue weighted by Crippen LogP contribution is 2.10. The van der Waals surface area contributed by atoms with Gasteiger partial charge in [-0.3, -0.25) is 28.9 Å². The predicted molar refractivity (Wildman–Crippen MR) is 127 cm³/mol. The molecule has 0 fully saturated rings. The zero-order valence-corrected chi connectivity index (χ0v) is 20.9. The van der Waals surface area contributed by atoms with E-state index in [0.29, 0.717) is 25.4 Å². The summed E-state index contributed by atoms with van der Waals surface area (Å²) in [5, 5.41) is 5.47. The van der Waals surface area contributed by atoms with Crippen LogP contribution in [0.2, 0.25) is 0 Å². The molecule has 10 nitrogen and oxygen atoms in total. The van der Waals surface area contributed by atoms with Crippen LogP contribution in [0.1, 0.15) is 68.7 Å². The van der Waals surface area contributed by atoms with Gasteiger partial charge in [0.1, 0.15) is 0 Å². The number of amides is 4. The van der Waals surface area contributed by atoms with Crippen molar-refractivity contribution in [2.75, 3.05) is 19.7 Å². The van der Waals surface area contributed by atoms with Gasteiger partial charge in [-0.15, -0.1) is 0 Å². The van der Waals surface area contributed by atoms with Gasteiger partial charge < -0.3 is 10.6 Å². The van der Waals surface area contributed by atoms with Crippen molar-refractivity contribution in [1.82, 2.24) is 21.6 Å². The van der Waals surface area contributed by atoms with Crippen molar-refractivity contribution in [1.29, 1.82) is 0 Å². The number of hydrogen-bond acceptors (Lipinski definition) is 6. The van der Waals surface area contributed by atoms with E-state index in [2.05, 4.69) is 21.6 Å². The van der Waals surface area contributed by atoms with E-state index >= 15 is 0 Å². The summed E-state index contributed by atoms with van der Waals surface area (Å²) in [7, 11) is 0. The average Bonchev–Trinajstić information content (AvgIpc) is 2.78. The fourth-order valence-corrected chi connectivity index (χ4v) is 2.64. The van der Waals surface area contributed by atoms with Crippen LogP contribution in [0.3, 0.4) is 0 Å². The van der Waals surface area contributed by atoms with E-state index in [4.69, 9.17) is 9.68 Å².